The zero-order chi connectivity index (χ0) is 18.9. The maximum Gasteiger partial charge on any atom is 0.261 e. The summed E-state index contributed by atoms with van der Waals surface area (Å²) in [7, 11) is 0. The van der Waals surface area contributed by atoms with Crippen LogP contribution in [0.25, 0.3) is 10.8 Å². The highest BCUT2D eigenvalue weighted by molar-refractivity contribution is 6.25. The van der Waals surface area contributed by atoms with Crippen LogP contribution in [0.5, 0.6) is 0 Å². The minimum Gasteiger partial charge on any atom is -0.784 e. The number of benzene rings is 2. The molecule has 2 aromatic rings. The molecule has 0 radical (unpaired) electrons. The quantitative estimate of drug-likeness (QED) is 0.730. The second kappa shape index (κ2) is 5.38. The summed E-state index contributed by atoms with van der Waals surface area (Å²) in [4.78, 5) is 27.9. The molecule has 0 aliphatic carbocycles. The molecule has 26 heavy (non-hydrogen) atoms. The topological polar surface area (TPSA) is 63.7 Å². The van der Waals surface area contributed by atoms with Crippen molar-refractivity contribution in [3.63, 3.8) is 0 Å². The number of hydrogen-bond acceptors (Lipinski definition) is 4. The van der Waals surface area contributed by atoms with Crippen LogP contribution in [-0.4, -0.2) is 38.9 Å². The summed E-state index contributed by atoms with van der Waals surface area (Å²) in [6.45, 7) is 7.51. The lowest BCUT2D eigenvalue weighted by atomic mass is 9.77. The van der Waals surface area contributed by atoms with Crippen LogP contribution in [0, 0.1) is 5.21 Å². The van der Waals surface area contributed by atoms with Crippen molar-refractivity contribution in [2.45, 2.75) is 57.7 Å². The third-order valence-corrected chi connectivity index (χ3v) is 5.74. The molecule has 0 saturated carbocycles. The van der Waals surface area contributed by atoms with Crippen LogP contribution in [0.3, 0.4) is 0 Å². The summed E-state index contributed by atoms with van der Waals surface area (Å²) in [5.74, 6) is -0.509. The van der Waals surface area contributed by atoms with E-state index in [4.69, 9.17) is 0 Å². The molecule has 2 aliphatic rings. The average Bonchev–Trinajstić information content (AvgIpc) is 2.57. The highest BCUT2D eigenvalue weighted by Crippen LogP contribution is 2.41. The van der Waals surface area contributed by atoms with E-state index in [0.29, 0.717) is 24.0 Å². The molecule has 2 amide bonds. The lowest BCUT2D eigenvalue weighted by Crippen LogP contribution is -2.63. The van der Waals surface area contributed by atoms with Crippen LogP contribution in [0.1, 0.15) is 61.3 Å². The van der Waals surface area contributed by atoms with Crippen molar-refractivity contribution >= 4 is 22.6 Å². The molecule has 2 aromatic carbocycles. The van der Waals surface area contributed by atoms with Crippen molar-refractivity contribution in [3.05, 3.63) is 52.7 Å². The Bertz CT molecular complexity index is 863. The fraction of sp³-hybridized carbons (Fsp3) is 0.429. The second-order valence-corrected chi connectivity index (χ2v) is 8.67. The molecule has 0 spiro atoms. The summed E-state index contributed by atoms with van der Waals surface area (Å²) in [5, 5.41) is 15.4. The van der Waals surface area contributed by atoms with Gasteiger partial charge in [-0.15, -0.1) is 0 Å². The third kappa shape index (κ3) is 2.31. The largest absolute Gasteiger partial charge is 0.784 e. The normalized spacial score (nSPS) is 22.9. The van der Waals surface area contributed by atoms with Gasteiger partial charge in [-0.05, 0) is 58.1 Å². The minimum atomic E-state index is -0.643. The molecule has 136 valence electrons. The van der Waals surface area contributed by atoms with Gasteiger partial charge in [-0.2, -0.15) is 0 Å². The maximum atomic E-state index is 13.2. The zero-order valence-electron chi connectivity index (χ0n) is 15.6. The summed E-state index contributed by atoms with van der Waals surface area (Å²) >= 11 is 0. The summed E-state index contributed by atoms with van der Waals surface area (Å²) < 4.78 is 0. The van der Waals surface area contributed by atoms with Gasteiger partial charge in [0.2, 0.25) is 0 Å². The molecule has 1 saturated heterocycles. The molecule has 1 fully saturated rings. The van der Waals surface area contributed by atoms with E-state index < -0.39 is 11.1 Å². The molecule has 2 heterocycles. The summed E-state index contributed by atoms with van der Waals surface area (Å²) in [6, 6.07) is 10.8. The number of piperidine rings is 1. The highest BCUT2D eigenvalue weighted by atomic mass is 16.5. The van der Waals surface area contributed by atoms with E-state index in [1.165, 1.54) is 4.90 Å². The van der Waals surface area contributed by atoms with Gasteiger partial charge in [-0.25, -0.2) is 0 Å². The Kier molecular flexibility index (Phi) is 3.56. The smallest absolute Gasteiger partial charge is 0.261 e. The molecular weight excluding hydrogens is 328 g/mol. The van der Waals surface area contributed by atoms with E-state index in [0.717, 1.165) is 15.8 Å². The zero-order valence-corrected chi connectivity index (χ0v) is 15.6. The van der Waals surface area contributed by atoms with Gasteiger partial charge in [0.1, 0.15) is 0 Å². The Morgan fingerprint density at radius 2 is 1.35 bits per heavy atom. The molecular formula is C21H23N2O3-. The Labute approximate surface area is 153 Å². The van der Waals surface area contributed by atoms with Gasteiger partial charge in [0.05, 0.1) is 0 Å². The van der Waals surface area contributed by atoms with Gasteiger partial charge < -0.3 is 10.3 Å². The van der Waals surface area contributed by atoms with Crippen molar-refractivity contribution in [3.8, 4) is 0 Å². The SMILES string of the molecule is CC1(C)CC(N2C(=O)c3cccc4cccc(c34)C2=O)CC(C)(C)N1[O-]. The van der Waals surface area contributed by atoms with Gasteiger partial charge in [-0.1, -0.05) is 24.3 Å². The van der Waals surface area contributed by atoms with Gasteiger partial charge in [0, 0.05) is 33.6 Å². The minimum absolute atomic E-state index is 0.254. The number of nitrogens with zero attached hydrogens (tertiary/aromatic N) is 2. The summed E-state index contributed by atoms with van der Waals surface area (Å²) in [5.41, 5.74) is -0.151. The van der Waals surface area contributed by atoms with E-state index in [-0.39, 0.29) is 17.9 Å². The standard InChI is InChI=1S/C21H23N2O3/c1-20(2)11-14(12-21(3,4)23(20)26)22-18(24)15-9-5-7-13-8-6-10-16(17(13)15)19(22)25/h5-10,14H,11-12H2,1-4H3/q-1. The second-order valence-electron chi connectivity index (χ2n) is 8.67. The van der Waals surface area contributed by atoms with Gasteiger partial charge in [-0.3, -0.25) is 14.5 Å². The van der Waals surface area contributed by atoms with Crippen molar-refractivity contribution in [1.82, 2.24) is 9.96 Å². The first-order valence-corrected chi connectivity index (χ1v) is 9.01. The van der Waals surface area contributed by atoms with E-state index >= 15 is 0 Å². The fourth-order valence-electron chi connectivity index (χ4n) is 4.77. The number of carbonyl (C=O) groups is 2. The lowest BCUT2D eigenvalue weighted by Gasteiger charge is -2.61. The molecule has 0 unspecified atom stereocenters. The van der Waals surface area contributed by atoms with E-state index in [9.17, 15) is 14.8 Å². The first-order valence-electron chi connectivity index (χ1n) is 9.01. The predicted molar refractivity (Wildman–Crippen MR) is 101 cm³/mol. The van der Waals surface area contributed by atoms with Crippen LogP contribution in [0.15, 0.2) is 36.4 Å². The van der Waals surface area contributed by atoms with Crippen molar-refractivity contribution in [2.75, 3.05) is 0 Å². The van der Waals surface area contributed by atoms with Gasteiger partial charge >= 0.3 is 0 Å². The molecule has 5 heteroatoms. The highest BCUT2D eigenvalue weighted by Gasteiger charge is 2.46. The number of hydroxylamine groups is 2. The fourth-order valence-corrected chi connectivity index (χ4v) is 4.77. The molecule has 2 aliphatic heterocycles. The van der Waals surface area contributed by atoms with Crippen molar-refractivity contribution in [1.29, 1.82) is 0 Å². The molecule has 0 atom stereocenters. The van der Waals surface area contributed by atoms with Gasteiger partial charge in [0.25, 0.3) is 11.8 Å². The Hall–Kier alpha value is -2.24. The first kappa shape index (κ1) is 17.2. The molecule has 4 rings (SSSR count). The van der Waals surface area contributed by atoms with Crippen LogP contribution < -0.4 is 0 Å². The van der Waals surface area contributed by atoms with Crippen molar-refractivity contribution in [2.24, 2.45) is 0 Å². The van der Waals surface area contributed by atoms with E-state index in [1.54, 1.807) is 12.1 Å². The molecule has 0 N–H and O–H groups in total. The first-order chi connectivity index (χ1) is 12.1. The van der Waals surface area contributed by atoms with Crippen LogP contribution in [0.2, 0.25) is 0 Å². The monoisotopic (exact) mass is 351 g/mol. The number of imide groups is 1. The number of hydrogen-bond donors (Lipinski definition) is 0. The van der Waals surface area contributed by atoms with Crippen LogP contribution >= 0.6 is 0 Å². The van der Waals surface area contributed by atoms with Crippen LogP contribution in [0.4, 0.5) is 0 Å². The van der Waals surface area contributed by atoms with Gasteiger partial charge in [0.15, 0.2) is 0 Å². The van der Waals surface area contributed by atoms with Crippen molar-refractivity contribution < 1.29 is 9.59 Å². The van der Waals surface area contributed by atoms with E-state index in [2.05, 4.69) is 0 Å². The predicted octanol–water partition coefficient (Wildman–Crippen LogP) is 3.96. The average molecular weight is 351 g/mol. The maximum absolute atomic E-state index is 13.2. The summed E-state index contributed by atoms with van der Waals surface area (Å²) in [6.07, 6.45) is 0.936. The Morgan fingerprint density at radius 1 is 0.885 bits per heavy atom. The Morgan fingerprint density at radius 3 is 1.81 bits per heavy atom. The number of carbonyl (C=O) groups excluding carboxylic acids is 2. The molecule has 5 nitrogen and oxygen atoms in total. The molecule has 0 bridgehead atoms. The van der Waals surface area contributed by atoms with Crippen LogP contribution in [-0.2, 0) is 0 Å². The number of rotatable bonds is 1. The third-order valence-electron chi connectivity index (χ3n) is 5.74. The lowest BCUT2D eigenvalue weighted by molar-refractivity contribution is -0.0223. The number of amides is 2. The van der Waals surface area contributed by atoms with E-state index in [1.807, 2.05) is 52.0 Å². The molecule has 0 aromatic heterocycles. The Balaban J connectivity index is 1.82.